The van der Waals surface area contributed by atoms with E-state index in [1.807, 2.05) is 44.2 Å². The molecule has 0 radical (unpaired) electrons. The van der Waals surface area contributed by atoms with Crippen molar-refractivity contribution in [2.75, 3.05) is 6.54 Å². The number of carbonyl (C=O) groups excluding carboxylic acids is 4. The summed E-state index contributed by atoms with van der Waals surface area (Å²) in [5.41, 5.74) is 1.41. The number of carbonyl (C=O) groups is 4. The number of ether oxygens (including phenoxy) is 1. The third kappa shape index (κ3) is 8.32. The minimum Gasteiger partial charge on any atom is -0.448 e. The number of nitrogens with one attached hydrogen (secondary N) is 2. The van der Waals surface area contributed by atoms with Crippen molar-refractivity contribution in [3.05, 3.63) is 53.7 Å². The first-order chi connectivity index (χ1) is 17.3. The van der Waals surface area contributed by atoms with Crippen molar-refractivity contribution in [1.82, 2.24) is 15.6 Å². The molecule has 1 aromatic carbocycles. The van der Waals surface area contributed by atoms with Crippen LogP contribution < -0.4 is 10.6 Å². The highest BCUT2D eigenvalue weighted by Gasteiger charge is 2.33. The molecule has 9 heteroatoms. The Morgan fingerprint density at radius 1 is 1.17 bits per heavy atom. The summed E-state index contributed by atoms with van der Waals surface area (Å²) in [6, 6.07) is 8.39. The molecule has 36 heavy (non-hydrogen) atoms. The minimum atomic E-state index is -0.905. The van der Waals surface area contributed by atoms with Gasteiger partial charge in [0.25, 0.3) is 5.91 Å². The van der Waals surface area contributed by atoms with Crippen LogP contribution in [0.1, 0.15) is 63.0 Å². The van der Waals surface area contributed by atoms with Crippen molar-refractivity contribution < 1.29 is 28.3 Å². The lowest BCUT2D eigenvalue weighted by Gasteiger charge is -2.22. The number of fused-ring (bicyclic) bond motifs is 1. The van der Waals surface area contributed by atoms with Gasteiger partial charge in [0.15, 0.2) is 12.2 Å². The van der Waals surface area contributed by atoms with E-state index in [1.54, 1.807) is 0 Å². The highest BCUT2D eigenvalue weighted by molar-refractivity contribution is 6.37. The van der Waals surface area contributed by atoms with Crippen LogP contribution in [0.15, 0.2) is 41.1 Å². The van der Waals surface area contributed by atoms with Gasteiger partial charge in [-0.3, -0.25) is 14.4 Å². The average Bonchev–Trinajstić information content (AvgIpc) is 3.29. The van der Waals surface area contributed by atoms with E-state index in [4.69, 9.17) is 9.15 Å². The van der Waals surface area contributed by atoms with Gasteiger partial charge in [0, 0.05) is 31.7 Å². The first-order valence-corrected chi connectivity index (χ1v) is 12.6. The third-order valence-corrected chi connectivity index (χ3v) is 6.17. The molecule has 2 atom stereocenters. The van der Waals surface area contributed by atoms with Crippen molar-refractivity contribution in [2.45, 2.75) is 71.4 Å². The van der Waals surface area contributed by atoms with E-state index >= 15 is 0 Å². The molecule has 1 aliphatic rings. The Bertz CT molecular complexity index is 1030. The zero-order chi connectivity index (χ0) is 25.9. The number of Topliss-reactive ketones (excluding diaryl/α,β-unsaturated/α-hetero) is 2. The van der Waals surface area contributed by atoms with E-state index in [-0.39, 0.29) is 31.1 Å². The van der Waals surface area contributed by atoms with Crippen LogP contribution in [0.2, 0.25) is 0 Å². The molecule has 2 unspecified atom stereocenters. The van der Waals surface area contributed by atoms with Gasteiger partial charge in [0.2, 0.25) is 5.78 Å². The van der Waals surface area contributed by atoms with E-state index in [0.29, 0.717) is 30.8 Å². The fraction of sp³-hybridized carbons (Fsp3) is 0.519. The molecule has 1 aromatic heterocycles. The molecule has 2 amide bonds. The van der Waals surface area contributed by atoms with Crippen LogP contribution in [0.4, 0.5) is 4.79 Å². The Labute approximate surface area is 211 Å². The van der Waals surface area contributed by atoms with Gasteiger partial charge in [0.1, 0.15) is 12.4 Å². The maximum Gasteiger partial charge on any atom is 0.408 e. The largest absolute Gasteiger partial charge is 0.448 e. The molecule has 0 fully saturated rings. The lowest BCUT2D eigenvalue weighted by molar-refractivity contribution is -0.141. The maximum atomic E-state index is 13.3. The molecule has 2 N–H and O–H groups in total. The highest BCUT2D eigenvalue weighted by atomic mass is 16.5. The van der Waals surface area contributed by atoms with Crippen molar-refractivity contribution in [3.63, 3.8) is 0 Å². The molecule has 0 aliphatic carbocycles. The normalized spacial score (nSPS) is 17.8. The number of nitrogens with zero attached hydrogens (tertiary/aromatic N) is 1. The van der Waals surface area contributed by atoms with Crippen molar-refractivity contribution >= 4 is 23.6 Å². The second-order valence-electron chi connectivity index (χ2n) is 9.61. The molecule has 0 bridgehead atoms. The second-order valence-corrected chi connectivity index (χ2v) is 9.61. The van der Waals surface area contributed by atoms with Gasteiger partial charge in [-0.15, -0.1) is 0 Å². The Hall–Kier alpha value is -3.49. The lowest BCUT2D eigenvalue weighted by Crippen LogP contribution is -2.44. The molecule has 2 aromatic rings. The van der Waals surface area contributed by atoms with Crippen molar-refractivity contribution in [2.24, 2.45) is 11.8 Å². The first-order valence-electron chi connectivity index (χ1n) is 12.6. The Morgan fingerprint density at radius 2 is 1.94 bits per heavy atom. The Morgan fingerprint density at radius 3 is 2.69 bits per heavy atom. The number of rotatable bonds is 8. The summed E-state index contributed by atoms with van der Waals surface area (Å²) in [6.07, 6.45) is 4.12. The van der Waals surface area contributed by atoms with Gasteiger partial charge < -0.3 is 19.8 Å². The standard InChI is InChI=1S/C27H35N3O6/c1-18(2)13-21(30-27(34)35-16-19-9-5-3-6-10-19)23(31)15-20-14-22-24(36-17-29-22)11-7-4-8-12-28-26(33)25(20)32/h3,5-6,9-10,17-18,20-21H,4,7-8,11-16H2,1-2H3,(H,28,33)(H,30,34). The number of oxazole rings is 1. The molecular formula is C27H35N3O6. The number of aromatic nitrogens is 1. The second kappa shape index (κ2) is 13.6. The Balaban J connectivity index is 1.71. The number of alkyl carbamates (subject to hydrolysis) is 1. The number of benzene rings is 1. The third-order valence-electron chi connectivity index (χ3n) is 6.17. The SMILES string of the molecule is CC(C)CC(NC(=O)OCc1ccccc1)C(=O)CC1Cc2ncoc2CCCCCNC(=O)C1=O. The Kier molecular flexibility index (Phi) is 10.2. The molecule has 0 saturated heterocycles. The summed E-state index contributed by atoms with van der Waals surface area (Å²) in [7, 11) is 0. The van der Waals surface area contributed by atoms with Crippen molar-refractivity contribution in [1.29, 1.82) is 0 Å². The average molecular weight is 498 g/mol. The number of aryl methyl sites for hydroxylation is 1. The lowest BCUT2D eigenvalue weighted by atomic mass is 9.87. The van der Waals surface area contributed by atoms with Crippen LogP contribution in [-0.2, 0) is 38.6 Å². The van der Waals surface area contributed by atoms with E-state index in [1.165, 1.54) is 6.39 Å². The number of hydrogen-bond acceptors (Lipinski definition) is 7. The number of hydrogen-bond donors (Lipinski definition) is 2. The van der Waals surface area contributed by atoms with Crippen LogP contribution >= 0.6 is 0 Å². The molecule has 2 heterocycles. The van der Waals surface area contributed by atoms with Gasteiger partial charge in [0.05, 0.1) is 11.7 Å². The van der Waals surface area contributed by atoms with E-state index < -0.39 is 29.7 Å². The molecule has 9 nitrogen and oxygen atoms in total. The molecular weight excluding hydrogens is 462 g/mol. The molecule has 0 spiro atoms. The van der Waals surface area contributed by atoms with Crippen LogP contribution in [0.5, 0.6) is 0 Å². The van der Waals surface area contributed by atoms with Crippen LogP contribution in [-0.4, -0.2) is 41.1 Å². The predicted octanol–water partition coefficient (Wildman–Crippen LogP) is 3.55. The van der Waals surface area contributed by atoms with Crippen LogP contribution in [0, 0.1) is 11.8 Å². The summed E-state index contributed by atoms with van der Waals surface area (Å²) in [5.74, 6) is -1.81. The quantitative estimate of drug-likeness (QED) is 0.534. The topological polar surface area (TPSA) is 128 Å². The van der Waals surface area contributed by atoms with E-state index in [9.17, 15) is 19.2 Å². The monoisotopic (exact) mass is 497 g/mol. The summed E-state index contributed by atoms with van der Waals surface area (Å²) in [5, 5.41) is 5.32. The first kappa shape index (κ1) is 27.1. The minimum absolute atomic E-state index is 0.0749. The van der Waals surface area contributed by atoms with Gasteiger partial charge in [-0.05, 0) is 30.7 Å². The predicted molar refractivity (Wildman–Crippen MR) is 132 cm³/mol. The van der Waals surface area contributed by atoms with Crippen molar-refractivity contribution in [3.8, 4) is 0 Å². The van der Waals surface area contributed by atoms with Crippen LogP contribution in [0.3, 0.4) is 0 Å². The maximum absolute atomic E-state index is 13.3. The highest BCUT2D eigenvalue weighted by Crippen LogP contribution is 2.21. The molecule has 3 rings (SSSR count). The van der Waals surface area contributed by atoms with E-state index in [2.05, 4.69) is 15.6 Å². The zero-order valence-corrected chi connectivity index (χ0v) is 21.0. The van der Waals surface area contributed by atoms with Gasteiger partial charge >= 0.3 is 6.09 Å². The van der Waals surface area contributed by atoms with Gasteiger partial charge in [-0.25, -0.2) is 9.78 Å². The molecule has 1 aliphatic heterocycles. The molecule has 194 valence electrons. The van der Waals surface area contributed by atoms with Gasteiger partial charge in [-0.2, -0.15) is 0 Å². The van der Waals surface area contributed by atoms with Gasteiger partial charge in [-0.1, -0.05) is 50.6 Å². The number of ketones is 2. The number of amides is 2. The summed E-state index contributed by atoms with van der Waals surface area (Å²) < 4.78 is 10.8. The van der Waals surface area contributed by atoms with E-state index in [0.717, 1.165) is 24.8 Å². The van der Waals surface area contributed by atoms with Crippen LogP contribution in [0.25, 0.3) is 0 Å². The fourth-order valence-corrected chi connectivity index (χ4v) is 4.25. The summed E-state index contributed by atoms with van der Waals surface area (Å²) >= 11 is 0. The molecule has 0 saturated carbocycles. The smallest absolute Gasteiger partial charge is 0.408 e. The summed E-state index contributed by atoms with van der Waals surface area (Å²) in [6.45, 7) is 4.35. The fourth-order valence-electron chi connectivity index (χ4n) is 4.25. The zero-order valence-electron chi connectivity index (χ0n) is 21.0. The summed E-state index contributed by atoms with van der Waals surface area (Å²) in [4.78, 5) is 55.6.